The fraction of sp³-hybridized carbons (Fsp3) is 0.412. The van der Waals surface area contributed by atoms with Gasteiger partial charge in [-0.15, -0.1) is 0 Å². The summed E-state index contributed by atoms with van der Waals surface area (Å²) in [6.45, 7) is 2.20. The maximum Gasteiger partial charge on any atom is 0.148 e. The van der Waals surface area contributed by atoms with E-state index in [1.807, 2.05) is 0 Å². The Bertz CT molecular complexity index is 606. The fourth-order valence-electron chi connectivity index (χ4n) is 2.76. The van der Waals surface area contributed by atoms with Crippen molar-refractivity contribution >= 4 is 5.82 Å². The molecule has 0 radical (unpaired) electrons. The minimum absolute atomic E-state index is 0.215. The van der Waals surface area contributed by atoms with Crippen LogP contribution in [0.25, 0.3) is 0 Å². The predicted octanol–water partition coefficient (Wildman–Crippen LogP) is 2.71. The predicted molar refractivity (Wildman–Crippen MR) is 85.4 cm³/mol. The van der Waals surface area contributed by atoms with Crippen molar-refractivity contribution in [2.24, 2.45) is 0 Å². The molecule has 0 atom stereocenters. The molecule has 1 saturated heterocycles. The number of anilines is 1. The average Bonchev–Trinajstić information content (AvgIpc) is 2.54. The van der Waals surface area contributed by atoms with Gasteiger partial charge in [0.25, 0.3) is 0 Å². The van der Waals surface area contributed by atoms with E-state index < -0.39 is 0 Å². The van der Waals surface area contributed by atoms with Crippen LogP contribution in [0.1, 0.15) is 24.1 Å². The average molecular weight is 300 g/mol. The normalized spacial score (nSPS) is 16.6. The number of hydrogen-bond acceptors (Lipinski definition) is 4. The molecule has 0 amide bonds. The van der Waals surface area contributed by atoms with Gasteiger partial charge in [0.1, 0.15) is 11.6 Å². The van der Waals surface area contributed by atoms with Gasteiger partial charge in [0.05, 0.1) is 5.69 Å². The van der Waals surface area contributed by atoms with Gasteiger partial charge in [0.15, 0.2) is 0 Å². The van der Waals surface area contributed by atoms with Crippen molar-refractivity contribution in [2.45, 2.75) is 25.3 Å². The van der Waals surface area contributed by atoms with Gasteiger partial charge in [-0.2, -0.15) is 0 Å². The van der Waals surface area contributed by atoms with Gasteiger partial charge in [0.2, 0.25) is 0 Å². The van der Waals surface area contributed by atoms with Crippen LogP contribution in [0, 0.1) is 5.82 Å². The van der Waals surface area contributed by atoms with Gasteiger partial charge in [-0.05, 0) is 50.7 Å². The van der Waals surface area contributed by atoms with Gasteiger partial charge in [0, 0.05) is 24.9 Å². The number of rotatable bonds is 4. The minimum atomic E-state index is -0.215. The van der Waals surface area contributed by atoms with E-state index in [0.29, 0.717) is 12.5 Å². The van der Waals surface area contributed by atoms with E-state index in [1.54, 1.807) is 24.5 Å². The lowest BCUT2D eigenvalue weighted by atomic mass is 10.0. The molecule has 0 unspecified atom stereocenters. The summed E-state index contributed by atoms with van der Waals surface area (Å²) >= 11 is 0. The third-order valence-electron chi connectivity index (χ3n) is 4.12. The lowest BCUT2D eigenvalue weighted by molar-refractivity contribution is 0.263. The summed E-state index contributed by atoms with van der Waals surface area (Å²) in [5.41, 5.74) is 1.95. The van der Waals surface area contributed by atoms with Crippen molar-refractivity contribution in [1.29, 1.82) is 0 Å². The third kappa shape index (κ3) is 3.80. The van der Waals surface area contributed by atoms with Crippen LogP contribution in [0.2, 0.25) is 0 Å². The molecule has 116 valence electrons. The van der Waals surface area contributed by atoms with Gasteiger partial charge in [-0.25, -0.2) is 9.37 Å². The second-order valence-electron chi connectivity index (χ2n) is 5.88. The Labute approximate surface area is 130 Å². The summed E-state index contributed by atoms with van der Waals surface area (Å²) in [7, 11) is 2.15. The highest BCUT2D eigenvalue weighted by Crippen LogP contribution is 2.19. The van der Waals surface area contributed by atoms with Gasteiger partial charge in [-0.1, -0.05) is 12.1 Å². The van der Waals surface area contributed by atoms with Crippen molar-refractivity contribution in [1.82, 2.24) is 14.9 Å². The highest BCUT2D eigenvalue weighted by Gasteiger charge is 2.18. The van der Waals surface area contributed by atoms with Gasteiger partial charge < -0.3 is 10.2 Å². The molecule has 0 aliphatic carbocycles. The number of nitrogens with one attached hydrogen (secondary N) is 1. The molecule has 0 bridgehead atoms. The molecule has 1 aromatic heterocycles. The smallest absolute Gasteiger partial charge is 0.148 e. The van der Waals surface area contributed by atoms with Crippen molar-refractivity contribution in [3.8, 4) is 0 Å². The van der Waals surface area contributed by atoms with E-state index in [0.717, 1.165) is 43.0 Å². The summed E-state index contributed by atoms with van der Waals surface area (Å²) in [6, 6.07) is 7.00. The number of aromatic nitrogens is 2. The van der Waals surface area contributed by atoms with Gasteiger partial charge >= 0.3 is 0 Å². The Morgan fingerprint density at radius 1 is 1.14 bits per heavy atom. The molecule has 0 saturated carbocycles. The first-order valence-corrected chi connectivity index (χ1v) is 7.70. The van der Waals surface area contributed by atoms with Crippen LogP contribution in [0.5, 0.6) is 0 Å². The van der Waals surface area contributed by atoms with Crippen molar-refractivity contribution < 1.29 is 4.39 Å². The van der Waals surface area contributed by atoms with Crippen molar-refractivity contribution in [2.75, 3.05) is 25.5 Å². The fourth-order valence-corrected chi connectivity index (χ4v) is 2.76. The molecule has 4 nitrogen and oxygen atoms in total. The first-order chi connectivity index (χ1) is 10.7. The number of hydrogen-bond donors (Lipinski definition) is 1. The van der Waals surface area contributed by atoms with Crippen LogP contribution in [0.4, 0.5) is 10.2 Å². The molecule has 5 heteroatoms. The molecule has 1 aliphatic rings. The summed E-state index contributed by atoms with van der Waals surface area (Å²) in [5, 5.41) is 3.53. The van der Waals surface area contributed by atoms with Crippen molar-refractivity contribution in [3.63, 3.8) is 0 Å². The molecule has 1 aliphatic heterocycles. The van der Waals surface area contributed by atoms with Crippen LogP contribution in [0.3, 0.4) is 0 Å². The largest absolute Gasteiger partial charge is 0.366 e. The Kier molecular flexibility index (Phi) is 4.63. The van der Waals surface area contributed by atoms with E-state index >= 15 is 0 Å². The highest BCUT2D eigenvalue weighted by atomic mass is 19.1. The molecule has 0 spiro atoms. The summed E-state index contributed by atoms with van der Waals surface area (Å²) in [5.74, 6) is 0.633. The molecule has 1 aromatic carbocycles. The molecular formula is C17H21FN4. The number of halogens is 1. The third-order valence-corrected chi connectivity index (χ3v) is 4.12. The van der Waals surface area contributed by atoms with E-state index in [2.05, 4.69) is 27.2 Å². The number of nitrogens with zero attached hydrogens (tertiary/aromatic N) is 3. The maximum atomic E-state index is 13.0. The second-order valence-corrected chi connectivity index (χ2v) is 5.88. The van der Waals surface area contributed by atoms with Crippen LogP contribution in [0.15, 0.2) is 36.7 Å². The summed E-state index contributed by atoms with van der Waals surface area (Å²) in [6.07, 6.45) is 6.30. The Morgan fingerprint density at radius 3 is 2.55 bits per heavy atom. The zero-order valence-corrected chi connectivity index (χ0v) is 12.8. The molecule has 1 N–H and O–H groups in total. The van der Waals surface area contributed by atoms with E-state index in [9.17, 15) is 4.39 Å². The Hall–Kier alpha value is -2.01. The minimum Gasteiger partial charge on any atom is -0.366 e. The monoisotopic (exact) mass is 300 g/mol. The van der Waals surface area contributed by atoms with Crippen LogP contribution >= 0.6 is 0 Å². The molecule has 1 fully saturated rings. The van der Waals surface area contributed by atoms with E-state index in [4.69, 9.17) is 0 Å². The first kappa shape index (κ1) is 14.9. The van der Waals surface area contributed by atoms with E-state index in [1.165, 1.54) is 12.1 Å². The van der Waals surface area contributed by atoms with Crippen LogP contribution in [-0.4, -0.2) is 41.0 Å². The number of benzene rings is 1. The lowest BCUT2D eigenvalue weighted by Gasteiger charge is -2.30. The highest BCUT2D eigenvalue weighted by molar-refractivity contribution is 5.43. The summed E-state index contributed by atoms with van der Waals surface area (Å²) in [4.78, 5) is 11.2. The molecule has 2 heterocycles. The number of likely N-dealkylation sites (tertiary alicyclic amines) is 1. The molecule has 2 aromatic rings. The molecule has 3 rings (SSSR count). The van der Waals surface area contributed by atoms with Crippen LogP contribution in [-0.2, 0) is 6.42 Å². The van der Waals surface area contributed by atoms with Gasteiger partial charge in [-0.3, -0.25) is 4.98 Å². The first-order valence-electron chi connectivity index (χ1n) is 7.70. The molecule has 22 heavy (non-hydrogen) atoms. The Morgan fingerprint density at radius 2 is 1.82 bits per heavy atom. The van der Waals surface area contributed by atoms with Crippen LogP contribution < -0.4 is 5.32 Å². The zero-order chi connectivity index (χ0) is 15.4. The zero-order valence-electron chi connectivity index (χ0n) is 12.8. The second kappa shape index (κ2) is 6.83. The SMILES string of the molecule is CN1CCC(Nc2nccnc2Cc2ccc(F)cc2)CC1. The Balaban J connectivity index is 1.71. The number of piperidine rings is 1. The quantitative estimate of drug-likeness (QED) is 0.942. The van der Waals surface area contributed by atoms with Crippen molar-refractivity contribution in [3.05, 3.63) is 53.7 Å². The lowest BCUT2D eigenvalue weighted by Crippen LogP contribution is -2.37. The topological polar surface area (TPSA) is 41.0 Å². The summed E-state index contributed by atoms with van der Waals surface area (Å²) < 4.78 is 13.0. The van der Waals surface area contributed by atoms with E-state index in [-0.39, 0.29) is 5.82 Å². The maximum absolute atomic E-state index is 13.0. The molecular weight excluding hydrogens is 279 g/mol. The standard InChI is InChI=1S/C17H21FN4/c1-22-10-6-15(7-11-22)21-17-16(19-8-9-20-17)12-13-2-4-14(18)5-3-13/h2-5,8-9,15H,6-7,10-12H2,1H3,(H,20,21).